The van der Waals surface area contributed by atoms with Crippen molar-refractivity contribution in [2.45, 2.75) is 84.0 Å². The third-order valence-electron chi connectivity index (χ3n) is 8.32. The van der Waals surface area contributed by atoms with Crippen molar-refractivity contribution in [2.75, 3.05) is 13.1 Å². The van der Waals surface area contributed by atoms with Crippen molar-refractivity contribution in [3.05, 3.63) is 70.8 Å². The van der Waals surface area contributed by atoms with Crippen LogP contribution in [0.3, 0.4) is 0 Å². The number of Topliss-reactive ketones (excluding diaryl/α,β-unsaturated/α-hetero) is 1. The van der Waals surface area contributed by atoms with Crippen LogP contribution in [-0.4, -0.2) is 36.7 Å². The standard InChI is InChI=1S/C32H40F3N3O2/c1-4-22-19-27(39)29(38-30(40)31(16-7-8-17-31)20-36-18-15-21(2)3)37-28(26-10-6-5-9-25(22)26)23-11-13-24(14-12-23)32(33,34)35/h5-6,9-14,21-22,29,36H,4,7-8,15-20H2,1-3H3,(H,38,40)/t22?,29-/m1/s1. The number of carbonyl (C=O) groups is 2. The quantitative estimate of drug-likeness (QED) is 0.341. The van der Waals surface area contributed by atoms with Gasteiger partial charge in [0, 0.05) is 24.1 Å². The lowest BCUT2D eigenvalue weighted by atomic mass is 9.82. The van der Waals surface area contributed by atoms with Crippen LogP contribution in [0, 0.1) is 11.3 Å². The van der Waals surface area contributed by atoms with Gasteiger partial charge in [-0.15, -0.1) is 0 Å². The molecule has 1 amide bonds. The summed E-state index contributed by atoms with van der Waals surface area (Å²) in [5.74, 6) is 0.0831. The largest absolute Gasteiger partial charge is 0.416 e. The summed E-state index contributed by atoms with van der Waals surface area (Å²) >= 11 is 0. The van der Waals surface area contributed by atoms with Gasteiger partial charge in [-0.05, 0) is 61.8 Å². The van der Waals surface area contributed by atoms with Crippen molar-refractivity contribution >= 4 is 17.4 Å². The minimum atomic E-state index is -4.46. The highest BCUT2D eigenvalue weighted by atomic mass is 19.4. The van der Waals surface area contributed by atoms with Gasteiger partial charge in [0.1, 0.15) is 0 Å². The second-order valence-electron chi connectivity index (χ2n) is 11.6. The van der Waals surface area contributed by atoms with Crippen molar-refractivity contribution in [1.29, 1.82) is 0 Å². The fourth-order valence-electron chi connectivity index (χ4n) is 5.86. The highest BCUT2D eigenvalue weighted by Crippen LogP contribution is 2.39. The molecule has 2 atom stereocenters. The topological polar surface area (TPSA) is 70.6 Å². The Kier molecular flexibility index (Phi) is 9.49. The first kappa shape index (κ1) is 30.0. The van der Waals surface area contributed by atoms with Crippen LogP contribution in [0.15, 0.2) is 53.5 Å². The summed E-state index contributed by atoms with van der Waals surface area (Å²) in [7, 11) is 0. The summed E-state index contributed by atoms with van der Waals surface area (Å²) in [5, 5.41) is 6.44. The van der Waals surface area contributed by atoms with Gasteiger partial charge in [0.25, 0.3) is 0 Å². The zero-order chi connectivity index (χ0) is 28.9. The zero-order valence-corrected chi connectivity index (χ0v) is 23.6. The van der Waals surface area contributed by atoms with E-state index in [1.807, 2.05) is 31.2 Å². The molecule has 1 aliphatic heterocycles. The molecule has 4 rings (SSSR count). The molecule has 2 aromatic rings. The number of nitrogens with one attached hydrogen (secondary N) is 2. The molecule has 1 fully saturated rings. The van der Waals surface area contributed by atoms with E-state index in [0.29, 0.717) is 30.2 Å². The molecule has 40 heavy (non-hydrogen) atoms. The Bertz CT molecular complexity index is 1210. The number of benzene rings is 2. The Labute approximate surface area is 235 Å². The summed E-state index contributed by atoms with van der Waals surface area (Å²) in [4.78, 5) is 32.2. The van der Waals surface area contributed by atoms with Gasteiger partial charge in [-0.3, -0.25) is 14.6 Å². The van der Waals surface area contributed by atoms with E-state index in [4.69, 9.17) is 4.99 Å². The van der Waals surface area contributed by atoms with E-state index in [1.54, 1.807) is 0 Å². The summed E-state index contributed by atoms with van der Waals surface area (Å²) in [6, 6.07) is 12.4. The third-order valence-corrected chi connectivity index (χ3v) is 8.32. The van der Waals surface area contributed by atoms with Gasteiger partial charge in [0.05, 0.1) is 16.7 Å². The summed E-state index contributed by atoms with van der Waals surface area (Å²) in [6.45, 7) is 7.69. The Morgan fingerprint density at radius 3 is 2.38 bits per heavy atom. The molecule has 2 N–H and O–H groups in total. The molecule has 0 saturated heterocycles. The molecule has 1 aliphatic carbocycles. The molecule has 0 bridgehead atoms. The maximum atomic E-state index is 13.8. The van der Waals surface area contributed by atoms with Crippen LogP contribution in [0.1, 0.15) is 93.9 Å². The molecule has 2 aromatic carbocycles. The molecular formula is C32H40F3N3O2. The Morgan fingerprint density at radius 2 is 1.75 bits per heavy atom. The highest BCUT2D eigenvalue weighted by Gasteiger charge is 2.42. The van der Waals surface area contributed by atoms with Gasteiger partial charge in [0.15, 0.2) is 11.9 Å². The number of nitrogens with zero attached hydrogens (tertiary/aromatic N) is 1. The molecule has 216 valence electrons. The minimum Gasteiger partial charge on any atom is -0.328 e. The number of hydrogen-bond donors (Lipinski definition) is 2. The molecule has 2 aliphatic rings. The van der Waals surface area contributed by atoms with Crippen LogP contribution in [0.5, 0.6) is 0 Å². The number of carbonyl (C=O) groups excluding carboxylic acids is 2. The number of amides is 1. The van der Waals surface area contributed by atoms with E-state index in [-0.39, 0.29) is 24.0 Å². The zero-order valence-electron chi connectivity index (χ0n) is 23.6. The summed E-state index contributed by atoms with van der Waals surface area (Å²) < 4.78 is 39.8. The van der Waals surface area contributed by atoms with E-state index in [2.05, 4.69) is 24.5 Å². The second-order valence-corrected chi connectivity index (χ2v) is 11.6. The maximum Gasteiger partial charge on any atom is 0.416 e. The number of rotatable bonds is 9. The van der Waals surface area contributed by atoms with Crippen molar-refractivity contribution in [1.82, 2.24) is 10.6 Å². The summed E-state index contributed by atoms with van der Waals surface area (Å²) in [5.41, 5.74) is 1.23. The SMILES string of the molecule is CCC1CC(=O)[C@@H](NC(=O)C2(CNCCC(C)C)CCCC2)N=C(c2ccc(C(F)(F)F)cc2)c2ccccc21. The molecule has 8 heteroatoms. The van der Waals surface area contributed by atoms with Crippen LogP contribution in [-0.2, 0) is 15.8 Å². The number of alkyl halides is 3. The van der Waals surface area contributed by atoms with Gasteiger partial charge in [-0.1, -0.05) is 70.0 Å². The lowest BCUT2D eigenvalue weighted by Gasteiger charge is -2.31. The number of ketones is 1. The molecule has 0 spiro atoms. The Balaban J connectivity index is 1.70. The first-order valence-electron chi connectivity index (χ1n) is 14.4. The van der Waals surface area contributed by atoms with Crippen LogP contribution < -0.4 is 10.6 Å². The lowest BCUT2D eigenvalue weighted by Crippen LogP contribution is -2.51. The van der Waals surface area contributed by atoms with Crippen molar-refractivity contribution < 1.29 is 22.8 Å². The molecule has 0 aromatic heterocycles. The second kappa shape index (κ2) is 12.7. The van der Waals surface area contributed by atoms with Gasteiger partial charge in [0.2, 0.25) is 5.91 Å². The van der Waals surface area contributed by atoms with Crippen molar-refractivity contribution in [3.8, 4) is 0 Å². The van der Waals surface area contributed by atoms with Crippen LogP contribution in [0.4, 0.5) is 13.2 Å². The first-order valence-corrected chi connectivity index (χ1v) is 14.4. The van der Waals surface area contributed by atoms with E-state index < -0.39 is 23.3 Å². The number of halogens is 3. The fourth-order valence-corrected chi connectivity index (χ4v) is 5.86. The molecule has 1 unspecified atom stereocenters. The first-order chi connectivity index (χ1) is 19.0. The fraction of sp³-hybridized carbons (Fsp3) is 0.531. The predicted octanol–water partition coefficient (Wildman–Crippen LogP) is 6.65. The maximum absolute atomic E-state index is 13.8. The van der Waals surface area contributed by atoms with Gasteiger partial charge in [-0.25, -0.2) is 0 Å². The number of fused-ring (bicyclic) bond motifs is 1. The lowest BCUT2D eigenvalue weighted by molar-refractivity contribution is -0.137. The van der Waals surface area contributed by atoms with Gasteiger partial charge in [-0.2, -0.15) is 13.2 Å². The average molecular weight is 556 g/mol. The van der Waals surface area contributed by atoms with Crippen LogP contribution in [0.2, 0.25) is 0 Å². The van der Waals surface area contributed by atoms with Crippen LogP contribution in [0.25, 0.3) is 0 Å². The van der Waals surface area contributed by atoms with Crippen molar-refractivity contribution in [3.63, 3.8) is 0 Å². The van der Waals surface area contributed by atoms with Gasteiger partial charge < -0.3 is 10.6 Å². The van der Waals surface area contributed by atoms with Crippen LogP contribution >= 0.6 is 0 Å². The van der Waals surface area contributed by atoms with E-state index in [9.17, 15) is 22.8 Å². The smallest absolute Gasteiger partial charge is 0.328 e. The minimum absolute atomic E-state index is 0.0961. The highest BCUT2D eigenvalue weighted by molar-refractivity contribution is 6.15. The normalized spacial score (nSPS) is 21.0. The molecule has 0 radical (unpaired) electrons. The van der Waals surface area contributed by atoms with E-state index in [1.165, 1.54) is 12.1 Å². The van der Waals surface area contributed by atoms with Gasteiger partial charge >= 0.3 is 6.18 Å². The number of aliphatic imine (C=N–C) groups is 1. The average Bonchev–Trinajstić information content (AvgIpc) is 3.41. The molecule has 5 nitrogen and oxygen atoms in total. The number of hydrogen-bond acceptors (Lipinski definition) is 4. The molecular weight excluding hydrogens is 515 g/mol. The Morgan fingerprint density at radius 1 is 1.07 bits per heavy atom. The third kappa shape index (κ3) is 6.82. The molecule has 1 saturated carbocycles. The monoisotopic (exact) mass is 555 g/mol. The summed E-state index contributed by atoms with van der Waals surface area (Å²) in [6.07, 6.45) is -0.258. The molecule has 1 heterocycles. The van der Waals surface area contributed by atoms with E-state index in [0.717, 1.165) is 61.9 Å². The predicted molar refractivity (Wildman–Crippen MR) is 151 cm³/mol. The Hall–Kier alpha value is -3.00. The van der Waals surface area contributed by atoms with E-state index >= 15 is 0 Å². The van der Waals surface area contributed by atoms with Crippen molar-refractivity contribution in [2.24, 2.45) is 16.3 Å².